The van der Waals surface area contributed by atoms with E-state index in [1.165, 1.54) is 0 Å². The van der Waals surface area contributed by atoms with Gasteiger partial charge in [-0.05, 0) is 63.7 Å². The Morgan fingerprint density at radius 2 is 1.88 bits per heavy atom. The normalized spacial score (nSPS) is 29.6. The standard InChI is InChI=1S/C27H42N2O5/c1-4-34-25(32)28-19-26(17-24(30)31)14-7-6-13-23(26)20-10-9-12-21(16-20)27(33)15-8-5-11-22(27)18-29(2)3/h9-10,12,16,22-23,33H,4-8,11,13-15,17-19H2,1-3H3,(H,28,32)(H,30,31)/t22-,23?,26?,27+/m1/s1. The maximum atomic E-state index is 12.1. The second-order valence-electron chi connectivity index (χ2n) is 10.6. The summed E-state index contributed by atoms with van der Waals surface area (Å²) >= 11 is 0. The number of nitrogens with zero attached hydrogens (tertiary/aromatic N) is 1. The molecule has 190 valence electrons. The first-order valence-electron chi connectivity index (χ1n) is 12.8. The third kappa shape index (κ3) is 6.11. The molecule has 0 heterocycles. The number of benzene rings is 1. The molecule has 2 saturated carbocycles. The van der Waals surface area contributed by atoms with E-state index in [1.807, 2.05) is 26.2 Å². The number of carboxylic acids is 1. The van der Waals surface area contributed by atoms with Crippen LogP contribution in [0.2, 0.25) is 0 Å². The van der Waals surface area contributed by atoms with E-state index in [2.05, 4.69) is 22.3 Å². The van der Waals surface area contributed by atoms with E-state index in [4.69, 9.17) is 4.74 Å². The van der Waals surface area contributed by atoms with Gasteiger partial charge in [0.15, 0.2) is 0 Å². The molecule has 34 heavy (non-hydrogen) atoms. The predicted octanol–water partition coefficient (Wildman–Crippen LogP) is 4.49. The first-order valence-corrected chi connectivity index (χ1v) is 12.8. The van der Waals surface area contributed by atoms with Gasteiger partial charge in [0.2, 0.25) is 0 Å². The van der Waals surface area contributed by atoms with Crippen LogP contribution in [0.3, 0.4) is 0 Å². The summed E-state index contributed by atoms with van der Waals surface area (Å²) in [7, 11) is 4.09. The Balaban J connectivity index is 1.95. The van der Waals surface area contributed by atoms with E-state index < -0.39 is 23.1 Å². The van der Waals surface area contributed by atoms with Crippen LogP contribution >= 0.6 is 0 Å². The first-order chi connectivity index (χ1) is 16.2. The molecule has 4 atom stereocenters. The number of nitrogens with one attached hydrogen (secondary N) is 1. The topological polar surface area (TPSA) is 99.1 Å². The molecule has 3 N–H and O–H groups in total. The van der Waals surface area contributed by atoms with Gasteiger partial charge in [0.25, 0.3) is 0 Å². The fourth-order valence-electron chi connectivity index (χ4n) is 6.36. The van der Waals surface area contributed by atoms with Crippen molar-refractivity contribution in [1.29, 1.82) is 0 Å². The summed E-state index contributed by atoms with van der Waals surface area (Å²) in [4.78, 5) is 26.2. The van der Waals surface area contributed by atoms with Crippen LogP contribution in [0.5, 0.6) is 0 Å². The summed E-state index contributed by atoms with van der Waals surface area (Å²) in [6.45, 7) is 3.12. The van der Waals surface area contributed by atoms with Crippen LogP contribution in [-0.2, 0) is 15.1 Å². The Labute approximate surface area is 203 Å². The van der Waals surface area contributed by atoms with Crippen LogP contribution < -0.4 is 5.32 Å². The quantitative estimate of drug-likeness (QED) is 0.488. The Kier molecular flexibility index (Phi) is 8.99. The maximum Gasteiger partial charge on any atom is 0.407 e. The fourth-order valence-corrected chi connectivity index (χ4v) is 6.36. The van der Waals surface area contributed by atoms with Crippen molar-refractivity contribution in [2.45, 2.75) is 76.2 Å². The van der Waals surface area contributed by atoms with Gasteiger partial charge in [0.05, 0.1) is 18.6 Å². The Morgan fingerprint density at radius 1 is 1.15 bits per heavy atom. The van der Waals surface area contributed by atoms with E-state index in [0.29, 0.717) is 0 Å². The first kappa shape index (κ1) is 26.5. The molecule has 7 nitrogen and oxygen atoms in total. The van der Waals surface area contributed by atoms with Crippen LogP contribution in [-0.4, -0.2) is 61.0 Å². The number of carbonyl (C=O) groups is 2. The number of alkyl carbamates (subject to hydrolysis) is 1. The molecule has 0 bridgehead atoms. The summed E-state index contributed by atoms with van der Waals surface area (Å²) in [5.41, 5.74) is 0.524. The van der Waals surface area contributed by atoms with E-state index in [1.54, 1.807) is 6.92 Å². The van der Waals surface area contributed by atoms with Crippen molar-refractivity contribution < 1.29 is 24.5 Å². The lowest BCUT2D eigenvalue weighted by atomic mass is 9.61. The molecular formula is C27H42N2O5. The minimum Gasteiger partial charge on any atom is -0.481 e. The van der Waals surface area contributed by atoms with Crippen molar-refractivity contribution >= 4 is 12.1 Å². The third-order valence-electron chi connectivity index (χ3n) is 7.93. The molecular weight excluding hydrogens is 432 g/mol. The monoisotopic (exact) mass is 474 g/mol. The van der Waals surface area contributed by atoms with Crippen LogP contribution in [0, 0.1) is 11.3 Å². The van der Waals surface area contributed by atoms with Crippen LogP contribution in [0.4, 0.5) is 4.79 Å². The number of rotatable bonds is 9. The minimum atomic E-state index is -0.883. The number of aliphatic carboxylic acids is 1. The smallest absolute Gasteiger partial charge is 0.407 e. The van der Waals surface area contributed by atoms with Crippen LogP contribution in [0.25, 0.3) is 0 Å². The van der Waals surface area contributed by atoms with Gasteiger partial charge in [-0.2, -0.15) is 0 Å². The predicted molar refractivity (Wildman–Crippen MR) is 132 cm³/mol. The van der Waals surface area contributed by atoms with E-state index in [-0.39, 0.29) is 31.4 Å². The van der Waals surface area contributed by atoms with Crippen LogP contribution in [0.15, 0.2) is 24.3 Å². The van der Waals surface area contributed by atoms with Gasteiger partial charge in [0, 0.05) is 24.4 Å². The van der Waals surface area contributed by atoms with Gasteiger partial charge in [-0.15, -0.1) is 0 Å². The highest BCUT2D eigenvalue weighted by atomic mass is 16.5. The molecule has 2 fully saturated rings. The molecule has 0 spiro atoms. The van der Waals surface area contributed by atoms with E-state index in [0.717, 1.165) is 69.0 Å². The Morgan fingerprint density at radius 3 is 2.59 bits per heavy atom. The average molecular weight is 475 g/mol. The number of ether oxygens (including phenoxy) is 1. The van der Waals surface area contributed by atoms with Gasteiger partial charge < -0.3 is 25.2 Å². The number of aliphatic hydroxyl groups is 1. The van der Waals surface area contributed by atoms with Gasteiger partial charge in [-0.25, -0.2) is 4.79 Å². The molecule has 0 aliphatic heterocycles. The molecule has 2 aliphatic rings. The zero-order chi connectivity index (χ0) is 24.8. The highest BCUT2D eigenvalue weighted by Crippen LogP contribution is 2.50. The molecule has 3 rings (SSSR count). The zero-order valence-corrected chi connectivity index (χ0v) is 21.0. The second kappa shape index (κ2) is 11.5. The number of carbonyl (C=O) groups excluding carboxylic acids is 1. The van der Waals surface area contributed by atoms with Crippen molar-refractivity contribution in [3.8, 4) is 0 Å². The molecule has 0 saturated heterocycles. The maximum absolute atomic E-state index is 12.1. The fraction of sp³-hybridized carbons (Fsp3) is 0.704. The van der Waals surface area contributed by atoms with Gasteiger partial charge in [-0.1, -0.05) is 49.9 Å². The lowest BCUT2D eigenvalue weighted by Crippen LogP contribution is -2.45. The summed E-state index contributed by atoms with van der Waals surface area (Å²) in [6, 6.07) is 8.21. The van der Waals surface area contributed by atoms with Crippen molar-refractivity contribution in [2.24, 2.45) is 11.3 Å². The van der Waals surface area contributed by atoms with E-state index >= 15 is 0 Å². The lowest BCUT2D eigenvalue weighted by molar-refractivity contribution is -0.140. The lowest BCUT2D eigenvalue weighted by Gasteiger charge is -2.45. The van der Waals surface area contributed by atoms with Gasteiger partial charge >= 0.3 is 12.1 Å². The highest BCUT2D eigenvalue weighted by Gasteiger charge is 2.45. The Hall–Kier alpha value is -2.12. The van der Waals surface area contributed by atoms with Crippen LogP contribution in [0.1, 0.15) is 81.8 Å². The zero-order valence-electron chi connectivity index (χ0n) is 21.0. The third-order valence-corrected chi connectivity index (χ3v) is 7.93. The van der Waals surface area contributed by atoms with E-state index in [9.17, 15) is 19.8 Å². The molecule has 0 radical (unpaired) electrons. The minimum absolute atomic E-state index is 0.0121. The summed E-state index contributed by atoms with van der Waals surface area (Å²) < 4.78 is 5.04. The van der Waals surface area contributed by atoms with Gasteiger partial charge in [-0.3, -0.25) is 4.79 Å². The number of hydrogen-bond donors (Lipinski definition) is 3. The molecule has 1 amide bonds. The number of carboxylic acid groups (broad SMARTS) is 1. The summed E-state index contributed by atoms with van der Waals surface area (Å²) in [5, 5.41) is 24.5. The molecule has 0 aromatic heterocycles. The average Bonchev–Trinajstić information content (AvgIpc) is 2.79. The van der Waals surface area contributed by atoms with Gasteiger partial charge in [0.1, 0.15) is 0 Å². The Bertz CT molecular complexity index is 844. The SMILES string of the molecule is CCOC(=O)NCC1(CC(=O)O)CCCCC1c1cccc([C@@]2(O)CCCC[C@@H]2CN(C)C)c1. The highest BCUT2D eigenvalue weighted by molar-refractivity contribution is 5.69. The van der Waals surface area contributed by atoms with Crippen molar-refractivity contribution in [2.75, 3.05) is 33.8 Å². The van der Waals surface area contributed by atoms with Crippen molar-refractivity contribution in [3.63, 3.8) is 0 Å². The second-order valence-corrected chi connectivity index (χ2v) is 10.6. The molecule has 1 aromatic carbocycles. The summed E-state index contributed by atoms with van der Waals surface area (Å²) in [6.07, 6.45) is 6.89. The molecule has 2 unspecified atom stereocenters. The number of hydrogen-bond acceptors (Lipinski definition) is 5. The van der Waals surface area contributed by atoms with Crippen molar-refractivity contribution in [3.05, 3.63) is 35.4 Å². The number of amides is 1. The van der Waals surface area contributed by atoms with Crippen molar-refractivity contribution in [1.82, 2.24) is 10.2 Å². The molecule has 7 heteroatoms. The molecule has 2 aliphatic carbocycles. The summed E-state index contributed by atoms with van der Waals surface area (Å²) in [5.74, 6) is -0.712. The largest absolute Gasteiger partial charge is 0.481 e. The molecule has 1 aromatic rings.